The standard InChI is InChI=1S/C14H21N3O3/c1-14(2)9(10(14)12(18)19)11-15-13(16-20-11)17-7-5-3-4-6-8-17/h9-10H,3-8H2,1-2H3,(H,18,19). The van der Waals surface area contributed by atoms with Crippen LogP contribution in [0, 0.1) is 11.3 Å². The number of carboxylic acids is 1. The van der Waals surface area contributed by atoms with E-state index in [1.807, 2.05) is 13.8 Å². The molecule has 1 saturated carbocycles. The molecule has 1 N–H and O–H groups in total. The summed E-state index contributed by atoms with van der Waals surface area (Å²) in [5.74, 6) is -0.266. The molecule has 1 aromatic heterocycles. The Bertz CT molecular complexity index is 504. The van der Waals surface area contributed by atoms with Gasteiger partial charge >= 0.3 is 5.97 Å². The molecule has 2 unspecified atom stereocenters. The molecular weight excluding hydrogens is 258 g/mol. The van der Waals surface area contributed by atoms with Gasteiger partial charge in [-0.15, -0.1) is 0 Å². The van der Waals surface area contributed by atoms with Crippen LogP contribution >= 0.6 is 0 Å². The van der Waals surface area contributed by atoms with Gasteiger partial charge in [0.1, 0.15) is 0 Å². The highest BCUT2D eigenvalue weighted by Crippen LogP contribution is 2.64. The van der Waals surface area contributed by atoms with Crippen molar-refractivity contribution < 1.29 is 14.4 Å². The Morgan fingerprint density at radius 1 is 1.30 bits per heavy atom. The highest BCUT2D eigenvalue weighted by atomic mass is 16.5. The lowest BCUT2D eigenvalue weighted by Crippen LogP contribution is -2.24. The Balaban J connectivity index is 1.76. The van der Waals surface area contributed by atoms with E-state index in [1.54, 1.807) is 0 Å². The molecule has 0 bridgehead atoms. The lowest BCUT2D eigenvalue weighted by Gasteiger charge is -2.16. The lowest BCUT2D eigenvalue weighted by atomic mass is 10.1. The number of nitrogens with zero attached hydrogens (tertiary/aromatic N) is 3. The van der Waals surface area contributed by atoms with Crippen molar-refractivity contribution in [1.29, 1.82) is 0 Å². The van der Waals surface area contributed by atoms with Crippen molar-refractivity contribution in [3.05, 3.63) is 5.89 Å². The molecule has 1 saturated heterocycles. The van der Waals surface area contributed by atoms with E-state index in [4.69, 9.17) is 4.52 Å². The van der Waals surface area contributed by atoms with Crippen molar-refractivity contribution in [1.82, 2.24) is 10.1 Å². The second kappa shape index (κ2) is 4.75. The van der Waals surface area contributed by atoms with Crippen LogP contribution < -0.4 is 4.90 Å². The Hall–Kier alpha value is -1.59. The summed E-state index contributed by atoms with van der Waals surface area (Å²) >= 11 is 0. The van der Waals surface area contributed by atoms with Gasteiger partial charge in [-0.2, -0.15) is 4.98 Å². The minimum absolute atomic E-state index is 0.159. The van der Waals surface area contributed by atoms with Crippen LogP contribution in [0.15, 0.2) is 4.52 Å². The highest BCUT2D eigenvalue weighted by molar-refractivity contribution is 5.77. The minimum Gasteiger partial charge on any atom is -0.481 e. The molecular formula is C14H21N3O3. The first-order valence-corrected chi connectivity index (χ1v) is 7.33. The van der Waals surface area contributed by atoms with Crippen molar-refractivity contribution >= 4 is 11.9 Å². The summed E-state index contributed by atoms with van der Waals surface area (Å²) in [7, 11) is 0. The van der Waals surface area contributed by atoms with Crippen LogP contribution in [0.2, 0.25) is 0 Å². The summed E-state index contributed by atoms with van der Waals surface area (Å²) in [6.45, 7) is 5.78. The predicted octanol–water partition coefficient (Wildman–Crippen LogP) is 2.27. The van der Waals surface area contributed by atoms with Crippen molar-refractivity contribution in [2.75, 3.05) is 18.0 Å². The van der Waals surface area contributed by atoms with E-state index in [0.29, 0.717) is 11.8 Å². The van der Waals surface area contributed by atoms with Crippen molar-refractivity contribution in [2.24, 2.45) is 11.3 Å². The molecule has 0 amide bonds. The van der Waals surface area contributed by atoms with Gasteiger partial charge in [-0.1, -0.05) is 26.7 Å². The predicted molar refractivity (Wildman–Crippen MR) is 72.6 cm³/mol. The molecule has 1 aromatic rings. The fraction of sp³-hybridized carbons (Fsp3) is 0.786. The van der Waals surface area contributed by atoms with Gasteiger partial charge in [0.05, 0.1) is 11.8 Å². The quantitative estimate of drug-likeness (QED) is 0.914. The zero-order valence-corrected chi connectivity index (χ0v) is 12.0. The van der Waals surface area contributed by atoms with Gasteiger partial charge in [0.2, 0.25) is 5.89 Å². The van der Waals surface area contributed by atoms with Crippen LogP contribution in [0.25, 0.3) is 0 Å². The van der Waals surface area contributed by atoms with Gasteiger partial charge in [-0.3, -0.25) is 4.79 Å². The summed E-state index contributed by atoms with van der Waals surface area (Å²) in [5.41, 5.74) is -0.297. The van der Waals surface area contributed by atoms with Gasteiger partial charge in [-0.25, -0.2) is 0 Å². The molecule has 1 aliphatic carbocycles. The molecule has 3 rings (SSSR count). The molecule has 2 heterocycles. The molecule has 2 aliphatic rings. The van der Waals surface area contributed by atoms with E-state index in [2.05, 4.69) is 15.0 Å². The number of aliphatic carboxylic acids is 1. The fourth-order valence-corrected chi connectivity index (χ4v) is 3.31. The summed E-state index contributed by atoms with van der Waals surface area (Å²) in [6.07, 6.45) is 4.79. The molecule has 2 atom stereocenters. The lowest BCUT2D eigenvalue weighted by molar-refractivity contribution is -0.139. The number of hydrogen-bond acceptors (Lipinski definition) is 5. The maximum Gasteiger partial charge on any atom is 0.307 e. The van der Waals surface area contributed by atoms with Gasteiger partial charge in [0.25, 0.3) is 5.95 Å². The van der Waals surface area contributed by atoms with E-state index in [0.717, 1.165) is 25.9 Å². The van der Waals surface area contributed by atoms with Crippen LogP contribution in [-0.4, -0.2) is 34.3 Å². The SMILES string of the molecule is CC1(C)C(C(=O)O)C1c1nc(N2CCCCCC2)no1. The summed E-state index contributed by atoms with van der Waals surface area (Å²) in [6, 6.07) is 0. The Morgan fingerprint density at radius 2 is 1.95 bits per heavy atom. The normalized spacial score (nSPS) is 29.0. The third-order valence-corrected chi connectivity index (χ3v) is 4.68. The first-order chi connectivity index (χ1) is 9.51. The maximum atomic E-state index is 11.2. The largest absolute Gasteiger partial charge is 0.481 e. The molecule has 1 aliphatic heterocycles. The van der Waals surface area contributed by atoms with Crippen LogP contribution in [0.4, 0.5) is 5.95 Å². The summed E-state index contributed by atoms with van der Waals surface area (Å²) < 4.78 is 5.33. The number of rotatable bonds is 3. The maximum absolute atomic E-state index is 11.2. The van der Waals surface area contributed by atoms with Crippen LogP contribution in [0.1, 0.15) is 51.3 Å². The van der Waals surface area contributed by atoms with Gasteiger partial charge in [-0.05, 0) is 23.4 Å². The number of hydrogen-bond donors (Lipinski definition) is 1. The zero-order valence-electron chi connectivity index (χ0n) is 12.0. The second-order valence-corrected chi connectivity index (χ2v) is 6.45. The van der Waals surface area contributed by atoms with Gasteiger partial charge in [0, 0.05) is 13.1 Å². The molecule has 110 valence electrons. The Kier molecular flexibility index (Phi) is 3.18. The van der Waals surface area contributed by atoms with Gasteiger partial charge in [0.15, 0.2) is 0 Å². The molecule has 2 fully saturated rings. The molecule has 20 heavy (non-hydrogen) atoms. The van der Waals surface area contributed by atoms with Crippen molar-refractivity contribution in [2.45, 2.75) is 45.4 Å². The molecule has 0 spiro atoms. The number of carbonyl (C=O) groups is 1. The molecule has 6 heteroatoms. The van der Waals surface area contributed by atoms with E-state index in [1.165, 1.54) is 12.8 Å². The average Bonchev–Trinajstić information content (AvgIpc) is 2.83. The van der Waals surface area contributed by atoms with E-state index >= 15 is 0 Å². The monoisotopic (exact) mass is 279 g/mol. The number of anilines is 1. The third kappa shape index (κ3) is 2.17. The van der Waals surface area contributed by atoms with Crippen molar-refractivity contribution in [3.63, 3.8) is 0 Å². The average molecular weight is 279 g/mol. The number of aromatic nitrogens is 2. The topological polar surface area (TPSA) is 79.5 Å². The third-order valence-electron chi connectivity index (χ3n) is 4.68. The molecule has 6 nitrogen and oxygen atoms in total. The smallest absolute Gasteiger partial charge is 0.307 e. The van der Waals surface area contributed by atoms with Crippen molar-refractivity contribution in [3.8, 4) is 0 Å². The van der Waals surface area contributed by atoms with Gasteiger partial charge < -0.3 is 14.5 Å². The Labute approximate surface area is 118 Å². The van der Waals surface area contributed by atoms with E-state index in [9.17, 15) is 9.90 Å². The van der Waals surface area contributed by atoms with Crippen LogP contribution in [-0.2, 0) is 4.79 Å². The molecule has 0 aromatic carbocycles. The van der Waals surface area contributed by atoms with E-state index in [-0.39, 0.29) is 11.3 Å². The van der Waals surface area contributed by atoms with Crippen LogP contribution in [0.3, 0.4) is 0 Å². The highest BCUT2D eigenvalue weighted by Gasteiger charge is 2.65. The summed E-state index contributed by atoms with van der Waals surface area (Å²) in [4.78, 5) is 17.8. The molecule has 0 radical (unpaired) electrons. The first-order valence-electron chi connectivity index (χ1n) is 7.33. The van der Waals surface area contributed by atoms with E-state index < -0.39 is 11.9 Å². The Morgan fingerprint density at radius 3 is 2.50 bits per heavy atom. The fourth-order valence-electron chi connectivity index (χ4n) is 3.31. The number of carboxylic acid groups (broad SMARTS) is 1. The minimum atomic E-state index is -0.783. The first kappa shape index (κ1) is 13.4. The zero-order chi connectivity index (χ0) is 14.3. The summed E-state index contributed by atoms with van der Waals surface area (Å²) in [5, 5.41) is 13.3. The van der Waals surface area contributed by atoms with Crippen LogP contribution in [0.5, 0.6) is 0 Å². The second-order valence-electron chi connectivity index (χ2n) is 6.45.